The summed E-state index contributed by atoms with van der Waals surface area (Å²) < 4.78 is 23.1. The highest BCUT2D eigenvalue weighted by molar-refractivity contribution is 5.69. The number of pyridine rings is 1. The molecule has 0 aliphatic carbocycles. The first-order valence-electron chi connectivity index (χ1n) is 7.35. The highest BCUT2D eigenvalue weighted by Crippen LogP contribution is 2.16. The molecule has 0 amide bonds. The van der Waals surface area contributed by atoms with Crippen molar-refractivity contribution in [3.63, 3.8) is 0 Å². The van der Waals surface area contributed by atoms with E-state index in [-0.39, 0.29) is 31.2 Å². The van der Waals surface area contributed by atoms with Gasteiger partial charge in [-0.2, -0.15) is 4.98 Å². The normalized spacial score (nSPS) is 10.5. The van der Waals surface area contributed by atoms with Gasteiger partial charge in [0, 0.05) is 18.2 Å². The number of ether oxygens (including phenoxy) is 1. The predicted octanol–water partition coefficient (Wildman–Crippen LogP) is 2.95. The first-order valence-corrected chi connectivity index (χ1v) is 7.35. The maximum absolute atomic E-state index is 12.9. The third-order valence-electron chi connectivity index (χ3n) is 3.22. The van der Waals surface area contributed by atoms with Crippen LogP contribution in [0.25, 0.3) is 11.4 Å². The van der Waals surface area contributed by atoms with Gasteiger partial charge in [-0.3, -0.25) is 9.78 Å². The third kappa shape index (κ3) is 4.22. The van der Waals surface area contributed by atoms with E-state index in [1.807, 2.05) is 6.07 Å². The summed E-state index contributed by atoms with van der Waals surface area (Å²) >= 11 is 0. The number of hydrogen-bond donors (Lipinski definition) is 0. The molecule has 3 aromatic rings. The summed E-state index contributed by atoms with van der Waals surface area (Å²) in [6.45, 7) is 0.129. The van der Waals surface area contributed by atoms with Gasteiger partial charge in [0.25, 0.3) is 0 Å². The van der Waals surface area contributed by atoms with Crippen molar-refractivity contribution in [3.05, 3.63) is 66.1 Å². The smallest absolute Gasteiger partial charge is 0.306 e. The van der Waals surface area contributed by atoms with Crippen LogP contribution in [0.4, 0.5) is 4.39 Å². The van der Waals surface area contributed by atoms with Crippen molar-refractivity contribution in [2.75, 3.05) is 0 Å². The molecule has 0 spiro atoms. The molecule has 0 unspecified atom stereocenters. The van der Waals surface area contributed by atoms with E-state index >= 15 is 0 Å². The molecule has 0 aliphatic heterocycles. The zero-order valence-electron chi connectivity index (χ0n) is 12.7. The van der Waals surface area contributed by atoms with Crippen molar-refractivity contribution in [3.8, 4) is 11.4 Å². The number of halogens is 1. The fourth-order valence-corrected chi connectivity index (χ4v) is 1.99. The first kappa shape index (κ1) is 15.8. The van der Waals surface area contributed by atoms with E-state index in [1.54, 1.807) is 30.5 Å². The molecule has 24 heavy (non-hydrogen) atoms. The fourth-order valence-electron chi connectivity index (χ4n) is 1.99. The first-order chi connectivity index (χ1) is 11.7. The Morgan fingerprint density at radius 1 is 1.17 bits per heavy atom. The van der Waals surface area contributed by atoms with Crippen molar-refractivity contribution in [1.29, 1.82) is 0 Å². The quantitative estimate of drug-likeness (QED) is 0.648. The van der Waals surface area contributed by atoms with Gasteiger partial charge in [-0.25, -0.2) is 4.39 Å². The second kappa shape index (κ2) is 7.45. The maximum Gasteiger partial charge on any atom is 0.306 e. The number of aryl methyl sites for hydroxylation is 1. The molecule has 0 bridgehead atoms. The highest BCUT2D eigenvalue weighted by Gasteiger charge is 2.11. The summed E-state index contributed by atoms with van der Waals surface area (Å²) in [5.74, 6) is -0.0312. The lowest BCUT2D eigenvalue weighted by molar-refractivity contribution is -0.145. The number of rotatable bonds is 6. The van der Waals surface area contributed by atoms with E-state index in [1.165, 1.54) is 12.1 Å². The van der Waals surface area contributed by atoms with Crippen LogP contribution in [-0.4, -0.2) is 21.1 Å². The third-order valence-corrected chi connectivity index (χ3v) is 3.22. The summed E-state index contributed by atoms with van der Waals surface area (Å²) in [4.78, 5) is 20.0. The van der Waals surface area contributed by atoms with E-state index in [0.717, 1.165) is 0 Å². The van der Waals surface area contributed by atoms with Crippen LogP contribution < -0.4 is 0 Å². The molecular formula is C17H14FN3O3. The highest BCUT2D eigenvalue weighted by atomic mass is 19.1. The molecule has 0 N–H and O–H groups in total. The number of hydrogen-bond acceptors (Lipinski definition) is 6. The minimum absolute atomic E-state index is 0.123. The average molecular weight is 327 g/mol. The van der Waals surface area contributed by atoms with Crippen molar-refractivity contribution in [2.45, 2.75) is 19.4 Å². The van der Waals surface area contributed by atoms with E-state index in [9.17, 15) is 9.18 Å². The van der Waals surface area contributed by atoms with Gasteiger partial charge < -0.3 is 9.26 Å². The number of carbonyl (C=O) groups is 1. The number of esters is 1. The largest absolute Gasteiger partial charge is 0.459 e. The zero-order chi connectivity index (χ0) is 16.8. The molecule has 1 aromatic carbocycles. The molecule has 2 aromatic heterocycles. The van der Waals surface area contributed by atoms with E-state index < -0.39 is 0 Å². The molecule has 122 valence electrons. The Labute approximate surface area is 137 Å². The van der Waals surface area contributed by atoms with Crippen LogP contribution in [0.15, 0.2) is 53.2 Å². The van der Waals surface area contributed by atoms with Crippen LogP contribution in [0.1, 0.15) is 18.0 Å². The Morgan fingerprint density at radius 2 is 2.00 bits per heavy atom. The summed E-state index contributed by atoms with van der Waals surface area (Å²) in [5, 5.41) is 3.82. The van der Waals surface area contributed by atoms with Gasteiger partial charge >= 0.3 is 5.97 Å². The molecular weight excluding hydrogens is 313 g/mol. The lowest BCUT2D eigenvalue weighted by atomic mass is 10.2. The predicted molar refractivity (Wildman–Crippen MR) is 82.0 cm³/mol. The van der Waals surface area contributed by atoms with Crippen molar-refractivity contribution in [2.24, 2.45) is 0 Å². The summed E-state index contributed by atoms with van der Waals surface area (Å²) in [6.07, 6.45) is 2.03. The maximum atomic E-state index is 12.9. The van der Waals surface area contributed by atoms with Gasteiger partial charge in [0.15, 0.2) is 0 Å². The minimum Gasteiger partial charge on any atom is -0.459 e. The van der Waals surface area contributed by atoms with Crippen LogP contribution in [0.2, 0.25) is 0 Å². The molecule has 0 saturated carbocycles. The van der Waals surface area contributed by atoms with Crippen molar-refractivity contribution >= 4 is 5.97 Å². The van der Waals surface area contributed by atoms with Gasteiger partial charge in [-0.05, 0) is 36.4 Å². The van der Waals surface area contributed by atoms with E-state index in [0.29, 0.717) is 23.0 Å². The number of nitrogens with zero attached hydrogens (tertiary/aromatic N) is 3. The van der Waals surface area contributed by atoms with Gasteiger partial charge in [0.2, 0.25) is 11.7 Å². The molecule has 0 radical (unpaired) electrons. The molecule has 0 saturated heterocycles. The monoisotopic (exact) mass is 327 g/mol. The molecule has 2 heterocycles. The lowest BCUT2D eigenvalue weighted by Crippen LogP contribution is -2.06. The van der Waals surface area contributed by atoms with Crippen LogP contribution in [0.3, 0.4) is 0 Å². The summed E-state index contributed by atoms with van der Waals surface area (Å²) in [5.41, 5.74) is 1.33. The van der Waals surface area contributed by atoms with Crippen molar-refractivity contribution < 1.29 is 18.4 Å². The Hall–Kier alpha value is -3.09. The Balaban J connectivity index is 1.50. The minimum atomic E-state index is -0.373. The van der Waals surface area contributed by atoms with Crippen LogP contribution >= 0.6 is 0 Å². The van der Waals surface area contributed by atoms with Crippen molar-refractivity contribution in [1.82, 2.24) is 15.1 Å². The SMILES string of the molecule is O=C(CCc1nc(-c2ccc(F)cc2)no1)OCc1ccccn1. The van der Waals surface area contributed by atoms with E-state index in [2.05, 4.69) is 15.1 Å². The molecule has 0 fully saturated rings. The van der Waals surface area contributed by atoms with Crippen LogP contribution in [0.5, 0.6) is 0 Å². The van der Waals surface area contributed by atoms with Crippen LogP contribution in [0, 0.1) is 5.82 Å². The lowest BCUT2D eigenvalue weighted by Gasteiger charge is -2.02. The number of benzene rings is 1. The number of aromatic nitrogens is 3. The Bertz CT molecular complexity index is 803. The van der Waals surface area contributed by atoms with Gasteiger partial charge in [0.1, 0.15) is 12.4 Å². The number of carbonyl (C=O) groups excluding carboxylic acids is 1. The molecule has 0 aliphatic rings. The Morgan fingerprint density at radius 3 is 2.75 bits per heavy atom. The molecule has 7 heteroatoms. The van der Waals surface area contributed by atoms with Gasteiger partial charge in [0.05, 0.1) is 12.1 Å². The van der Waals surface area contributed by atoms with Gasteiger partial charge in [-0.15, -0.1) is 0 Å². The van der Waals surface area contributed by atoms with Crippen LogP contribution in [-0.2, 0) is 22.6 Å². The summed E-state index contributed by atoms with van der Waals surface area (Å²) in [7, 11) is 0. The Kier molecular flexibility index (Phi) is 4.90. The zero-order valence-corrected chi connectivity index (χ0v) is 12.7. The molecule has 0 atom stereocenters. The molecule has 6 nitrogen and oxygen atoms in total. The van der Waals surface area contributed by atoms with E-state index in [4.69, 9.17) is 9.26 Å². The fraction of sp³-hybridized carbons (Fsp3) is 0.176. The summed E-state index contributed by atoms with van der Waals surface area (Å²) in [6, 6.07) is 11.2. The second-order valence-corrected chi connectivity index (χ2v) is 5.00. The topological polar surface area (TPSA) is 78.1 Å². The van der Waals surface area contributed by atoms with Gasteiger partial charge in [-0.1, -0.05) is 11.2 Å². The second-order valence-electron chi connectivity index (χ2n) is 5.00. The standard InChI is InChI=1S/C17H14FN3O3/c18-13-6-4-12(5-7-13)17-20-15(24-21-17)8-9-16(22)23-11-14-3-1-2-10-19-14/h1-7,10H,8-9,11H2. The average Bonchev–Trinajstić information content (AvgIpc) is 3.09. The molecule has 3 rings (SSSR count).